The minimum atomic E-state index is 1.25. The second-order valence-electron chi connectivity index (χ2n) is 9.70. The normalized spacial score (nSPS) is 11.9. The van der Waals surface area contributed by atoms with Crippen molar-refractivity contribution in [2.24, 2.45) is 14.1 Å². The van der Waals surface area contributed by atoms with E-state index in [9.17, 15) is 0 Å². The summed E-state index contributed by atoms with van der Waals surface area (Å²) in [4.78, 5) is 0. The Morgan fingerprint density at radius 2 is 0.829 bits per heavy atom. The van der Waals surface area contributed by atoms with Crippen molar-refractivity contribution in [1.29, 1.82) is 0 Å². The van der Waals surface area contributed by atoms with Gasteiger partial charge >= 0.3 is 0 Å². The number of rotatable bonds is 2. The molecule has 7 rings (SSSR count). The van der Waals surface area contributed by atoms with Crippen molar-refractivity contribution >= 4 is 43.6 Å². The predicted octanol–water partition coefficient (Wildman–Crippen LogP) is 8.62. The Morgan fingerprint density at radius 3 is 1.31 bits per heavy atom. The van der Waals surface area contributed by atoms with Gasteiger partial charge in [-0.1, -0.05) is 72.8 Å². The number of aryl methyl sites for hydroxylation is 3. The minimum absolute atomic E-state index is 1.25. The molecule has 0 saturated carbocycles. The number of nitrogens with zero attached hydrogens (tertiary/aromatic N) is 2. The van der Waals surface area contributed by atoms with E-state index in [1.54, 1.807) is 0 Å². The molecule has 35 heavy (non-hydrogen) atoms. The maximum atomic E-state index is 2.33. The van der Waals surface area contributed by atoms with E-state index in [2.05, 4.69) is 133 Å². The first kappa shape index (κ1) is 20.1. The lowest BCUT2D eigenvalue weighted by Crippen LogP contribution is -1.89. The zero-order valence-electron chi connectivity index (χ0n) is 20.2. The van der Waals surface area contributed by atoms with Crippen LogP contribution in [0.1, 0.15) is 5.56 Å². The summed E-state index contributed by atoms with van der Waals surface area (Å²) in [5.74, 6) is 0. The van der Waals surface area contributed by atoms with Gasteiger partial charge in [-0.15, -0.1) is 0 Å². The van der Waals surface area contributed by atoms with Crippen LogP contribution < -0.4 is 0 Å². The summed E-state index contributed by atoms with van der Waals surface area (Å²) in [5, 5.41) is 5.23. The van der Waals surface area contributed by atoms with Crippen LogP contribution in [-0.2, 0) is 14.1 Å². The third kappa shape index (κ3) is 2.96. The monoisotopic (exact) mass is 450 g/mol. The summed E-state index contributed by atoms with van der Waals surface area (Å²) < 4.78 is 4.61. The standard InChI is InChI=1S/C33H26N2/c1-21-16-24(22-12-14-28-26-8-4-6-10-30(26)34(2)32(28)19-22)18-25(17-21)23-13-15-29-27-9-5-7-11-31(27)35(3)33(29)20-23/h4-20H,1-3H3. The molecule has 0 amide bonds. The van der Waals surface area contributed by atoms with Gasteiger partial charge in [-0.25, -0.2) is 0 Å². The van der Waals surface area contributed by atoms with Gasteiger partial charge in [0.05, 0.1) is 0 Å². The van der Waals surface area contributed by atoms with Crippen molar-refractivity contribution in [3.05, 3.63) is 109 Å². The van der Waals surface area contributed by atoms with E-state index in [4.69, 9.17) is 0 Å². The molecule has 2 heteroatoms. The molecule has 0 radical (unpaired) electrons. The van der Waals surface area contributed by atoms with Crippen molar-refractivity contribution in [3.8, 4) is 22.3 Å². The van der Waals surface area contributed by atoms with Gasteiger partial charge in [0, 0.05) is 57.7 Å². The molecule has 0 saturated heterocycles. The Morgan fingerprint density at radius 1 is 0.400 bits per heavy atom. The van der Waals surface area contributed by atoms with E-state index in [1.807, 2.05) is 0 Å². The molecule has 168 valence electrons. The zero-order valence-corrected chi connectivity index (χ0v) is 20.2. The lowest BCUT2D eigenvalue weighted by Gasteiger charge is -2.10. The largest absolute Gasteiger partial charge is 0.344 e. The van der Waals surface area contributed by atoms with Crippen LogP contribution in [0.4, 0.5) is 0 Å². The summed E-state index contributed by atoms with van der Waals surface area (Å²) in [6.07, 6.45) is 0. The number of hydrogen-bond acceptors (Lipinski definition) is 0. The SMILES string of the molecule is Cc1cc(-c2ccc3c4ccccc4n(C)c3c2)cc(-c2ccc3c4ccccc4n(C)c3c2)c1. The molecular formula is C33H26N2. The molecule has 0 fully saturated rings. The lowest BCUT2D eigenvalue weighted by atomic mass is 9.95. The Hall–Kier alpha value is -4.30. The first-order valence-electron chi connectivity index (χ1n) is 12.2. The number of hydrogen-bond donors (Lipinski definition) is 0. The van der Waals surface area contributed by atoms with E-state index in [-0.39, 0.29) is 0 Å². The van der Waals surface area contributed by atoms with Gasteiger partial charge in [-0.2, -0.15) is 0 Å². The molecule has 2 heterocycles. The number of para-hydroxylation sites is 2. The van der Waals surface area contributed by atoms with Crippen LogP contribution in [0.15, 0.2) is 103 Å². The second kappa shape index (κ2) is 7.35. The molecule has 0 bridgehead atoms. The summed E-state index contributed by atoms with van der Waals surface area (Å²) in [5.41, 5.74) is 11.4. The highest BCUT2D eigenvalue weighted by Crippen LogP contribution is 2.36. The lowest BCUT2D eigenvalue weighted by molar-refractivity contribution is 1.01. The molecule has 0 aliphatic carbocycles. The number of fused-ring (bicyclic) bond motifs is 6. The Labute approximate surface area is 204 Å². The first-order valence-corrected chi connectivity index (χ1v) is 12.2. The topological polar surface area (TPSA) is 9.86 Å². The van der Waals surface area contributed by atoms with Crippen molar-refractivity contribution < 1.29 is 0 Å². The minimum Gasteiger partial charge on any atom is -0.344 e. The third-order valence-electron chi connectivity index (χ3n) is 7.57. The Bertz CT molecular complexity index is 1790. The van der Waals surface area contributed by atoms with Crippen LogP contribution in [-0.4, -0.2) is 9.13 Å². The van der Waals surface area contributed by atoms with Gasteiger partial charge in [0.25, 0.3) is 0 Å². The molecule has 0 aliphatic rings. The molecule has 0 atom stereocenters. The fourth-order valence-electron chi connectivity index (χ4n) is 5.80. The smallest absolute Gasteiger partial charge is 0.0494 e. The number of benzene rings is 5. The molecule has 7 aromatic rings. The average molecular weight is 451 g/mol. The predicted molar refractivity (Wildman–Crippen MR) is 150 cm³/mol. The summed E-state index contributed by atoms with van der Waals surface area (Å²) >= 11 is 0. The van der Waals surface area contributed by atoms with Crippen LogP contribution in [0, 0.1) is 6.92 Å². The van der Waals surface area contributed by atoms with E-state index in [0.29, 0.717) is 0 Å². The van der Waals surface area contributed by atoms with E-state index < -0.39 is 0 Å². The van der Waals surface area contributed by atoms with Crippen molar-refractivity contribution in [1.82, 2.24) is 9.13 Å². The molecule has 0 N–H and O–H groups in total. The maximum absolute atomic E-state index is 2.33. The molecule has 2 aromatic heterocycles. The molecule has 5 aromatic carbocycles. The fraction of sp³-hybridized carbons (Fsp3) is 0.0909. The summed E-state index contributed by atoms with van der Waals surface area (Å²) in [6, 6.07) is 38.0. The van der Waals surface area contributed by atoms with Crippen molar-refractivity contribution in [2.45, 2.75) is 6.92 Å². The second-order valence-corrected chi connectivity index (χ2v) is 9.70. The van der Waals surface area contributed by atoms with Gasteiger partial charge in [-0.3, -0.25) is 0 Å². The fourth-order valence-corrected chi connectivity index (χ4v) is 5.80. The van der Waals surface area contributed by atoms with E-state index >= 15 is 0 Å². The van der Waals surface area contributed by atoms with Gasteiger partial charge in [0.1, 0.15) is 0 Å². The highest BCUT2D eigenvalue weighted by molar-refractivity contribution is 6.10. The average Bonchev–Trinajstić information content (AvgIpc) is 3.35. The molecule has 0 unspecified atom stereocenters. The van der Waals surface area contributed by atoms with Gasteiger partial charge < -0.3 is 9.13 Å². The molecular weight excluding hydrogens is 424 g/mol. The maximum Gasteiger partial charge on any atom is 0.0494 e. The van der Waals surface area contributed by atoms with Crippen LogP contribution in [0.3, 0.4) is 0 Å². The highest BCUT2D eigenvalue weighted by Gasteiger charge is 2.12. The van der Waals surface area contributed by atoms with Crippen LogP contribution in [0.2, 0.25) is 0 Å². The van der Waals surface area contributed by atoms with E-state index in [0.717, 1.165) is 0 Å². The van der Waals surface area contributed by atoms with Crippen molar-refractivity contribution in [2.75, 3.05) is 0 Å². The molecule has 2 nitrogen and oxygen atoms in total. The first-order chi connectivity index (χ1) is 17.1. The summed E-state index contributed by atoms with van der Waals surface area (Å²) in [7, 11) is 4.32. The zero-order chi connectivity index (χ0) is 23.7. The molecule has 0 spiro atoms. The molecule has 0 aliphatic heterocycles. The van der Waals surface area contributed by atoms with Crippen molar-refractivity contribution in [3.63, 3.8) is 0 Å². The summed E-state index contributed by atoms with van der Waals surface area (Å²) in [6.45, 7) is 2.19. The van der Waals surface area contributed by atoms with Gasteiger partial charge in [0.15, 0.2) is 0 Å². The third-order valence-corrected chi connectivity index (χ3v) is 7.57. The highest BCUT2D eigenvalue weighted by atomic mass is 14.9. The van der Waals surface area contributed by atoms with Crippen LogP contribution in [0.25, 0.3) is 65.9 Å². The van der Waals surface area contributed by atoms with Crippen LogP contribution >= 0.6 is 0 Å². The van der Waals surface area contributed by atoms with Gasteiger partial charge in [0.2, 0.25) is 0 Å². The Balaban J connectivity index is 1.39. The van der Waals surface area contributed by atoms with Gasteiger partial charge in [-0.05, 0) is 65.1 Å². The van der Waals surface area contributed by atoms with E-state index in [1.165, 1.54) is 71.4 Å². The number of aromatic nitrogens is 2. The quantitative estimate of drug-likeness (QED) is 0.249. The Kier molecular flexibility index (Phi) is 4.22. The van der Waals surface area contributed by atoms with Crippen LogP contribution in [0.5, 0.6) is 0 Å².